The minimum Gasteiger partial charge on any atom is -0.480 e. The lowest BCUT2D eigenvalue weighted by atomic mass is 9.89. The molecule has 2 aromatic heterocycles. The van der Waals surface area contributed by atoms with E-state index in [0.717, 1.165) is 34.7 Å². The lowest BCUT2D eigenvalue weighted by Gasteiger charge is -2.30. The van der Waals surface area contributed by atoms with E-state index in [1.807, 2.05) is 46.0 Å². The topological polar surface area (TPSA) is 78.9 Å². The average Bonchev–Trinajstić information content (AvgIpc) is 3.46. The monoisotopic (exact) mass is 548 g/mol. The van der Waals surface area contributed by atoms with Crippen LogP contribution in [0.3, 0.4) is 0 Å². The van der Waals surface area contributed by atoms with Crippen LogP contribution in [-0.4, -0.2) is 30.3 Å². The number of urea groups is 1. The molecule has 0 bridgehead atoms. The van der Waals surface area contributed by atoms with Gasteiger partial charge in [0.1, 0.15) is 5.75 Å². The molecule has 1 aliphatic carbocycles. The highest BCUT2D eigenvalue weighted by Crippen LogP contribution is 2.42. The number of benzene rings is 1. The molecule has 1 aliphatic rings. The molecule has 0 unspecified atom stereocenters. The number of anilines is 2. The number of halogens is 1. The highest BCUT2D eigenvalue weighted by atomic mass is 79.9. The molecule has 4 rings (SSSR count). The van der Waals surface area contributed by atoms with E-state index in [1.165, 1.54) is 30.6 Å². The van der Waals surface area contributed by atoms with Gasteiger partial charge in [0.25, 0.3) is 0 Å². The normalized spacial score (nSPS) is 14.1. The summed E-state index contributed by atoms with van der Waals surface area (Å²) >= 11 is 6.56. The second kappa shape index (κ2) is 11.2. The van der Waals surface area contributed by atoms with Crippen molar-refractivity contribution in [2.24, 2.45) is 5.92 Å². The Morgan fingerprint density at radius 2 is 2.00 bits per heavy atom. The summed E-state index contributed by atoms with van der Waals surface area (Å²) in [5.41, 5.74) is 2.57. The molecule has 2 heterocycles. The lowest BCUT2D eigenvalue weighted by molar-refractivity contribution is -0.139. The predicted molar refractivity (Wildman–Crippen MR) is 138 cm³/mol. The number of carboxylic acids is 1. The minimum atomic E-state index is -1.02. The highest BCUT2D eigenvalue weighted by Gasteiger charge is 2.23. The summed E-state index contributed by atoms with van der Waals surface area (Å²) in [4.78, 5) is 26.9. The van der Waals surface area contributed by atoms with Crippen molar-refractivity contribution in [3.8, 4) is 16.2 Å². The maximum atomic E-state index is 13.3. The number of hydrogen-bond donors (Lipinski definition) is 2. The summed E-state index contributed by atoms with van der Waals surface area (Å²) in [6, 6.07) is 9.67. The van der Waals surface area contributed by atoms with Crippen LogP contribution in [0.15, 0.2) is 50.9 Å². The van der Waals surface area contributed by atoms with Crippen molar-refractivity contribution in [1.29, 1.82) is 0 Å². The molecule has 2 N–H and O–H groups in total. The zero-order valence-electron chi connectivity index (χ0n) is 18.0. The zero-order valence-corrected chi connectivity index (χ0v) is 21.2. The molecule has 33 heavy (non-hydrogen) atoms. The molecule has 3 aromatic rings. The predicted octanol–water partition coefficient (Wildman–Crippen LogP) is 7.32. The van der Waals surface area contributed by atoms with Gasteiger partial charge in [0.05, 0.1) is 15.0 Å². The molecule has 1 aromatic carbocycles. The number of ether oxygens (including phenoxy) is 1. The summed E-state index contributed by atoms with van der Waals surface area (Å²) in [6.07, 6.45) is 5.98. The summed E-state index contributed by atoms with van der Waals surface area (Å²) < 4.78 is 6.08. The average molecular weight is 550 g/mol. The number of carboxylic acid groups (broad SMARTS) is 1. The van der Waals surface area contributed by atoms with Gasteiger partial charge in [-0.15, -0.1) is 11.3 Å². The number of nitrogens with one attached hydrogen (secondary N) is 1. The summed E-state index contributed by atoms with van der Waals surface area (Å²) in [6.45, 7) is 0.282. The Labute approximate surface area is 209 Å². The SMILES string of the molecule is O=C(O)COc1csc(-c2cccc(N(CC3CCCCC3)C(=O)Nc3ccsc3)c2)c1Br. The number of carbonyl (C=O) groups is 2. The maximum Gasteiger partial charge on any atom is 0.341 e. The van der Waals surface area contributed by atoms with Gasteiger partial charge < -0.3 is 15.2 Å². The Balaban J connectivity index is 1.60. The maximum absolute atomic E-state index is 13.3. The van der Waals surface area contributed by atoms with E-state index in [-0.39, 0.29) is 6.03 Å². The molecule has 0 atom stereocenters. The van der Waals surface area contributed by atoms with Crippen molar-refractivity contribution in [3.63, 3.8) is 0 Å². The number of nitrogens with zero attached hydrogens (tertiary/aromatic N) is 1. The largest absolute Gasteiger partial charge is 0.480 e. The fraction of sp³-hybridized carbons (Fsp3) is 0.333. The number of thiophene rings is 2. The molecule has 2 amide bonds. The number of amides is 2. The van der Waals surface area contributed by atoms with Crippen LogP contribution in [0.1, 0.15) is 32.1 Å². The molecule has 6 nitrogen and oxygen atoms in total. The van der Waals surface area contributed by atoms with Crippen LogP contribution < -0.4 is 15.0 Å². The van der Waals surface area contributed by atoms with E-state index >= 15 is 0 Å². The molecule has 1 saturated carbocycles. The Kier molecular flexibility index (Phi) is 8.06. The van der Waals surface area contributed by atoms with Crippen molar-refractivity contribution in [2.45, 2.75) is 32.1 Å². The quantitative estimate of drug-likeness (QED) is 0.309. The van der Waals surface area contributed by atoms with Crippen molar-refractivity contribution in [3.05, 3.63) is 50.9 Å². The van der Waals surface area contributed by atoms with Gasteiger partial charge >= 0.3 is 12.0 Å². The molecule has 0 radical (unpaired) electrons. The van der Waals surface area contributed by atoms with Crippen LogP contribution in [0, 0.1) is 5.92 Å². The number of rotatable bonds is 8. The highest BCUT2D eigenvalue weighted by molar-refractivity contribution is 9.10. The van der Waals surface area contributed by atoms with Crippen molar-refractivity contribution in [2.75, 3.05) is 23.4 Å². The Morgan fingerprint density at radius 1 is 1.18 bits per heavy atom. The molecule has 174 valence electrons. The first-order chi connectivity index (χ1) is 16.0. The zero-order chi connectivity index (χ0) is 23.2. The molecule has 0 spiro atoms. The third-order valence-electron chi connectivity index (χ3n) is 5.65. The molecule has 0 aliphatic heterocycles. The van der Waals surface area contributed by atoms with Gasteiger partial charge in [-0.25, -0.2) is 9.59 Å². The van der Waals surface area contributed by atoms with Crippen LogP contribution >= 0.6 is 38.6 Å². The first-order valence-electron chi connectivity index (χ1n) is 10.8. The van der Waals surface area contributed by atoms with Crippen molar-refractivity contribution >= 4 is 62.0 Å². The van der Waals surface area contributed by atoms with Gasteiger partial charge in [-0.1, -0.05) is 31.4 Å². The third kappa shape index (κ3) is 6.16. The Bertz CT molecular complexity index is 1090. The Morgan fingerprint density at radius 3 is 2.73 bits per heavy atom. The third-order valence-corrected chi connectivity index (χ3v) is 8.39. The summed E-state index contributed by atoms with van der Waals surface area (Å²) in [5, 5.41) is 17.6. The standard InChI is InChI=1S/C24H25BrN2O4S2/c25-22-20(31-13-21(28)29)15-33-23(22)17-7-4-8-19(11-17)27(12-16-5-2-1-3-6-16)24(30)26-18-9-10-32-14-18/h4,7-11,14-16H,1-3,5-6,12-13H2,(H,26,30)(H,28,29). The van der Waals surface area contributed by atoms with Crippen LogP contribution in [0.5, 0.6) is 5.75 Å². The van der Waals surface area contributed by atoms with E-state index in [1.54, 1.807) is 16.7 Å². The second-order valence-electron chi connectivity index (χ2n) is 8.03. The lowest BCUT2D eigenvalue weighted by Crippen LogP contribution is -2.39. The van der Waals surface area contributed by atoms with Gasteiger partial charge in [0.2, 0.25) is 0 Å². The van der Waals surface area contributed by atoms with E-state index in [2.05, 4.69) is 21.2 Å². The van der Waals surface area contributed by atoms with Crippen LogP contribution in [0.4, 0.5) is 16.2 Å². The van der Waals surface area contributed by atoms with Crippen molar-refractivity contribution in [1.82, 2.24) is 0 Å². The molecular formula is C24H25BrN2O4S2. The van der Waals surface area contributed by atoms with Gasteiger partial charge in [0.15, 0.2) is 6.61 Å². The Hall–Kier alpha value is -2.36. The fourth-order valence-corrected chi connectivity index (χ4v) is 6.39. The molecule has 0 saturated heterocycles. The minimum absolute atomic E-state index is 0.133. The van der Waals surface area contributed by atoms with Gasteiger partial charge in [0, 0.05) is 23.0 Å². The van der Waals surface area contributed by atoms with E-state index < -0.39 is 12.6 Å². The first kappa shape index (κ1) is 23.8. The van der Waals surface area contributed by atoms with Gasteiger partial charge in [-0.05, 0) is 63.8 Å². The van der Waals surface area contributed by atoms with E-state index in [0.29, 0.717) is 22.7 Å². The number of hydrogen-bond acceptors (Lipinski definition) is 5. The van der Waals surface area contributed by atoms with Crippen LogP contribution in [0.25, 0.3) is 10.4 Å². The first-order valence-corrected chi connectivity index (χ1v) is 13.5. The molecule has 1 fully saturated rings. The second-order valence-corrected chi connectivity index (χ2v) is 10.5. The summed E-state index contributed by atoms with van der Waals surface area (Å²) in [5.74, 6) is -0.0381. The number of aliphatic carboxylic acids is 1. The molecule has 9 heteroatoms. The smallest absolute Gasteiger partial charge is 0.341 e. The fourth-order valence-electron chi connectivity index (χ4n) is 4.03. The number of carbonyl (C=O) groups excluding carboxylic acids is 1. The summed E-state index contributed by atoms with van der Waals surface area (Å²) in [7, 11) is 0. The van der Waals surface area contributed by atoms with Gasteiger partial charge in [-0.3, -0.25) is 4.90 Å². The van der Waals surface area contributed by atoms with Crippen molar-refractivity contribution < 1.29 is 19.4 Å². The van der Waals surface area contributed by atoms with Crippen LogP contribution in [0.2, 0.25) is 0 Å². The van der Waals surface area contributed by atoms with Gasteiger partial charge in [-0.2, -0.15) is 11.3 Å². The van der Waals surface area contributed by atoms with E-state index in [4.69, 9.17) is 9.84 Å². The molecular weight excluding hydrogens is 524 g/mol. The van der Waals surface area contributed by atoms with E-state index in [9.17, 15) is 9.59 Å². The van der Waals surface area contributed by atoms with Crippen LogP contribution in [-0.2, 0) is 4.79 Å².